The monoisotopic (exact) mass is 154 g/mol. The van der Waals surface area contributed by atoms with Crippen molar-refractivity contribution in [1.82, 2.24) is 5.43 Å². The molecule has 0 aromatic carbocycles. The summed E-state index contributed by atoms with van der Waals surface area (Å²) < 4.78 is 4.50. The standard InChI is InChI=1S/C4H10N2O2.ClH/c1-4(7)8-3-2-6-5;/h6H,2-3,5H2,1H3;1H. The summed E-state index contributed by atoms with van der Waals surface area (Å²) in [6.45, 7) is 2.20. The molecule has 0 aliphatic carbocycles. The summed E-state index contributed by atoms with van der Waals surface area (Å²) >= 11 is 0. The molecule has 0 aromatic rings. The van der Waals surface area contributed by atoms with Crippen molar-refractivity contribution in [1.29, 1.82) is 0 Å². The van der Waals surface area contributed by atoms with Gasteiger partial charge in [0.15, 0.2) is 0 Å². The molecule has 0 saturated carbocycles. The molecule has 0 fully saturated rings. The van der Waals surface area contributed by atoms with Crippen LogP contribution in [0.25, 0.3) is 0 Å². The molecule has 0 aromatic heterocycles. The molecule has 5 heteroatoms. The number of halogens is 1. The van der Waals surface area contributed by atoms with Crippen LogP contribution >= 0.6 is 12.4 Å². The van der Waals surface area contributed by atoms with E-state index in [1.54, 1.807) is 0 Å². The molecule has 0 saturated heterocycles. The maximum absolute atomic E-state index is 10.0. The zero-order valence-electron chi connectivity index (χ0n) is 5.22. The van der Waals surface area contributed by atoms with Crippen LogP contribution < -0.4 is 11.3 Å². The van der Waals surface area contributed by atoms with Crippen molar-refractivity contribution >= 4 is 18.4 Å². The first-order valence-electron chi connectivity index (χ1n) is 2.34. The minimum atomic E-state index is -0.278. The number of ether oxygens (including phenoxy) is 1. The van der Waals surface area contributed by atoms with Crippen LogP contribution in [0.1, 0.15) is 6.92 Å². The Kier molecular flexibility index (Phi) is 9.79. The number of esters is 1. The van der Waals surface area contributed by atoms with Crippen LogP contribution in [-0.2, 0) is 9.53 Å². The Morgan fingerprint density at radius 1 is 1.78 bits per heavy atom. The van der Waals surface area contributed by atoms with Crippen molar-refractivity contribution in [3.8, 4) is 0 Å². The van der Waals surface area contributed by atoms with Gasteiger partial charge in [0.1, 0.15) is 6.61 Å². The third-order valence-electron chi connectivity index (χ3n) is 0.552. The molecule has 0 bridgehead atoms. The largest absolute Gasteiger partial charge is 0.464 e. The quantitative estimate of drug-likeness (QED) is 0.248. The highest BCUT2D eigenvalue weighted by Crippen LogP contribution is 1.71. The van der Waals surface area contributed by atoms with Crippen molar-refractivity contribution in [3.63, 3.8) is 0 Å². The van der Waals surface area contributed by atoms with E-state index < -0.39 is 0 Å². The van der Waals surface area contributed by atoms with E-state index in [1.165, 1.54) is 6.92 Å². The molecular formula is C4H11ClN2O2. The Labute approximate surface area is 60.1 Å². The Morgan fingerprint density at radius 3 is 2.67 bits per heavy atom. The van der Waals surface area contributed by atoms with Crippen LogP contribution in [0.15, 0.2) is 0 Å². The van der Waals surface area contributed by atoms with E-state index in [9.17, 15) is 4.79 Å². The van der Waals surface area contributed by atoms with Gasteiger partial charge in [0.25, 0.3) is 0 Å². The van der Waals surface area contributed by atoms with Gasteiger partial charge in [-0.15, -0.1) is 12.4 Å². The van der Waals surface area contributed by atoms with Crippen molar-refractivity contribution in [2.45, 2.75) is 6.92 Å². The smallest absolute Gasteiger partial charge is 0.302 e. The van der Waals surface area contributed by atoms with E-state index >= 15 is 0 Å². The van der Waals surface area contributed by atoms with Crippen LogP contribution in [0.2, 0.25) is 0 Å². The average molecular weight is 155 g/mol. The second kappa shape index (κ2) is 7.68. The molecule has 0 atom stereocenters. The minimum absolute atomic E-state index is 0. The first-order valence-corrected chi connectivity index (χ1v) is 2.34. The lowest BCUT2D eigenvalue weighted by Gasteiger charge is -1.97. The average Bonchev–Trinajstić information content (AvgIpc) is 1.66. The van der Waals surface area contributed by atoms with Gasteiger partial charge in [0, 0.05) is 13.5 Å². The fraction of sp³-hybridized carbons (Fsp3) is 0.750. The van der Waals surface area contributed by atoms with Crippen molar-refractivity contribution < 1.29 is 9.53 Å². The molecular weight excluding hydrogens is 144 g/mol. The van der Waals surface area contributed by atoms with Crippen LogP contribution in [0.5, 0.6) is 0 Å². The predicted molar refractivity (Wildman–Crippen MR) is 36.1 cm³/mol. The van der Waals surface area contributed by atoms with Gasteiger partial charge < -0.3 is 4.74 Å². The molecule has 0 amide bonds. The summed E-state index contributed by atoms with van der Waals surface area (Å²) in [7, 11) is 0. The fourth-order valence-corrected chi connectivity index (χ4v) is 0.254. The van der Waals surface area contributed by atoms with Gasteiger partial charge in [0.05, 0.1) is 0 Å². The maximum Gasteiger partial charge on any atom is 0.302 e. The van der Waals surface area contributed by atoms with Crippen LogP contribution in [0.4, 0.5) is 0 Å². The maximum atomic E-state index is 10.0. The van der Waals surface area contributed by atoms with E-state index in [1.807, 2.05) is 0 Å². The molecule has 0 unspecified atom stereocenters. The molecule has 0 heterocycles. The van der Waals surface area contributed by atoms with Crippen LogP contribution in [0.3, 0.4) is 0 Å². The molecule has 3 N–H and O–H groups in total. The number of carbonyl (C=O) groups excluding carboxylic acids is 1. The Morgan fingerprint density at radius 2 is 2.33 bits per heavy atom. The van der Waals surface area contributed by atoms with Gasteiger partial charge in [0.2, 0.25) is 0 Å². The van der Waals surface area contributed by atoms with E-state index in [0.29, 0.717) is 13.2 Å². The highest BCUT2D eigenvalue weighted by Gasteiger charge is 1.87. The molecule has 0 radical (unpaired) electrons. The summed E-state index contributed by atoms with van der Waals surface area (Å²) in [5.74, 6) is 4.60. The first kappa shape index (κ1) is 11.5. The van der Waals surface area contributed by atoms with Crippen LogP contribution in [-0.4, -0.2) is 19.1 Å². The molecule has 9 heavy (non-hydrogen) atoms. The Bertz CT molecular complexity index is 79.0. The van der Waals surface area contributed by atoms with Gasteiger partial charge in [-0.05, 0) is 0 Å². The zero-order chi connectivity index (χ0) is 6.41. The lowest BCUT2D eigenvalue weighted by molar-refractivity contribution is -0.140. The number of hydrazine groups is 1. The number of carbonyl (C=O) groups is 1. The molecule has 56 valence electrons. The van der Waals surface area contributed by atoms with Crippen molar-refractivity contribution in [3.05, 3.63) is 0 Å². The Hall–Kier alpha value is -0.320. The minimum Gasteiger partial charge on any atom is -0.464 e. The van der Waals surface area contributed by atoms with Gasteiger partial charge >= 0.3 is 5.97 Å². The van der Waals surface area contributed by atoms with Gasteiger partial charge in [-0.2, -0.15) is 0 Å². The summed E-state index contributed by atoms with van der Waals surface area (Å²) in [5.41, 5.74) is 2.35. The first-order chi connectivity index (χ1) is 3.77. The Balaban J connectivity index is 0. The molecule has 0 rings (SSSR count). The van der Waals surface area contributed by atoms with Crippen molar-refractivity contribution in [2.75, 3.05) is 13.2 Å². The number of hydrogen-bond acceptors (Lipinski definition) is 4. The number of nitrogens with two attached hydrogens (primary N) is 1. The van der Waals surface area contributed by atoms with Crippen LogP contribution in [0, 0.1) is 0 Å². The lowest BCUT2D eigenvalue weighted by atomic mass is 10.7. The van der Waals surface area contributed by atoms with E-state index in [0.717, 1.165) is 0 Å². The SMILES string of the molecule is CC(=O)OCCNN.Cl. The highest BCUT2D eigenvalue weighted by atomic mass is 35.5. The highest BCUT2D eigenvalue weighted by molar-refractivity contribution is 5.85. The zero-order valence-corrected chi connectivity index (χ0v) is 6.03. The molecule has 0 aliphatic heterocycles. The van der Waals surface area contributed by atoms with Crippen molar-refractivity contribution in [2.24, 2.45) is 5.84 Å². The summed E-state index contributed by atoms with van der Waals surface area (Å²) in [4.78, 5) is 10.0. The number of rotatable bonds is 3. The molecule has 4 nitrogen and oxygen atoms in total. The van der Waals surface area contributed by atoms with E-state index in [4.69, 9.17) is 5.84 Å². The van der Waals surface area contributed by atoms with Gasteiger partial charge in [-0.3, -0.25) is 16.1 Å². The second-order valence-electron chi connectivity index (χ2n) is 1.29. The predicted octanol–water partition coefficient (Wildman–Crippen LogP) is -0.565. The summed E-state index contributed by atoms with van der Waals surface area (Å²) in [6, 6.07) is 0. The fourth-order valence-electron chi connectivity index (χ4n) is 0.254. The third kappa shape index (κ3) is 11.3. The summed E-state index contributed by atoms with van der Waals surface area (Å²) in [6.07, 6.45) is 0. The molecule has 0 aliphatic rings. The van der Waals surface area contributed by atoms with Gasteiger partial charge in [-0.25, -0.2) is 0 Å². The summed E-state index contributed by atoms with van der Waals surface area (Å²) in [5, 5.41) is 0. The third-order valence-corrected chi connectivity index (χ3v) is 0.552. The van der Waals surface area contributed by atoms with Gasteiger partial charge in [-0.1, -0.05) is 0 Å². The topological polar surface area (TPSA) is 64.3 Å². The normalized spacial score (nSPS) is 7.78. The number of nitrogens with one attached hydrogen (secondary N) is 1. The lowest BCUT2D eigenvalue weighted by Crippen LogP contribution is -2.26. The van der Waals surface area contributed by atoms with E-state index in [-0.39, 0.29) is 18.4 Å². The van der Waals surface area contributed by atoms with E-state index in [2.05, 4.69) is 10.2 Å². The number of hydrogen-bond donors (Lipinski definition) is 2. The molecule has 0 spiro atoms. The second-order valence-corrected chi connectivity index (χ2v) is 1.29.